The number of benzene rings is 2. The van der Waals surface area contributed by atoms with E-state index in [0.717, 1.165) is 15.6 Å². The van der Waals surface area contributed by atoms with Crippen LogP contribution in [0.4, 0.5) is 0 Å². The van der Waals surface area contributed by atoms with Gasteiger partial charge >= 0.3 is 0 Å². The maximum atomic E-state index is 13.0. The Hall–Kier alpha value is -2.34. The quantitative estimate of drug-likeness (QED) is 0.630. The predicted molar refractivity (Wildman–Crippen MR) is 114 cm³/mol. The summed E-state index contributed by atoms with van der Waals surface area (Å²) in [6.45, 7) is 6.50. The smallest absolute Gasteiger partial charge is 0.261 e. The lowest BCUT2D eigenvalue weighted by Gasteiger charge is -2.30. The van der Waals surface area contributed by atoms with Gasteiger partial charge in [-0.2, -0.15) is 0 Å². The number of carbonyl (C=O) groups is 2. The Bertz CT molecular complexity index is 796. The average Bonchev–Trinajstić information content (AvgIpc) is 2.69. The zero-order valence-corrected chi connectivity index (χ0v) is 18.2. The fraction of sp³-hybridized carbons (Fsp3) is 0.364. The summed E-state index contributed by atoms with van der Waals surface area (Å²) in [6.07, 6.45) is 0.530. The van der Waals surface area contributed by atoms with E-state index in [0.29, 0.717) is 25.3 Å². The molecule has 0 saturated heterocycles. The minimum Gasteiger partial charge on any atom is -0.484 e. The van der Waals surface area contributed by atoms with Gasteiger partial charge in [-0.15, -0.1) is 0 Å². The monoisotopic (exact) mass is 446 g/mol. The summed E-state index contributed by atoms with van der Waals surface area (Å²) in [5.74, 6) is 0.260. The number of carbonyl (C=O) groups excluding carboxylic acids is 2. The molecule has 28 heavy (non-hydrogen) atoms. The Morgan fingerprint density at radius 2 is 1.86 bits per heavy atom. The third kappa shape index (κ3) is 6.09. The molecule has 150 valence electrons. The fourth-order valence-corrected chi connectivity index (χ4v) is 3.17. The first-order chi connectivity index (χ1) is 13.5. The largest absolute Gasteiger partial charge is 0.484 e. The second-order valence-corrected chi connectivity index (χ2v) is 7.38. The highest BCUT2D eigenvalue weighted by Crippen LogP contribution is 2.22. The van der Waals surface area contributed by atoms with Gasteiger partial charge in [0.2, 0.25) is 5.91 Å². The SMILES string of the molecule is CCNC(=O)C(CC)N(Cc1ccccc1)C(=O)COc1ccc(Br)c(C)c1. The molecule has 2 aromatic rings. The van der Waals surface area contributed by atoms with Crippen molar-refractivity contribution in [3.05, 3.63) is 64.1 Å². The average molecular weight is 447 g/mol. The lowest BCUT2D eigenvalue weighted by atomic mass is 10.1. The van der Waals surface area contributed by atoms with Gasteiger partial charge in [0.25, 0.3) is 5.91 Å². The van der Waals surface area contributed by atoms with Gasteiger partial charge in [0.15, 0.2) is 6.61 Å². The molecule has 0 aliphatic heterocycles. The van der Waals surface area contributed by atoms with Crippen LogP contribution in [0.2, 0.25) is 0 Å². The Morgan fingerprint density at radius 1 is 1.14 bits per heavy atom. The maximum absolute atomic E-state index is 13.0. The van der Waals surface area contributed by atoms with Crippen LogP contribution in [0.5, 0.6) is 5.75 Å². The van der Waals surface area contributed by atoms with Crippen molar-refractivity contribution in [3.8, 4) is 5.75 Å². The molecule has 0 radical (unpaired) electrons. The molecule has 0 aliphatic rings. The summed E-state index contributed by atoms with van der Waals surface area (Å²) in [5.41, 5.74) is 2.00. The van der Waals surface area contributed by atoms with Crippen LogP contribution in [0.25, 0.3) is 0 Å². The molecule has 0 aromatic heterocycles. The zero-order valence-electron chi connectivity index (χ0n) is 16.6. The van der Waals surface area contributed by atoms with Crippen LogP contribution >= 0.6 is 15.9 Å². The molecule has 1 atom stereocenters. The molecule has 2 rings (SSSR count). The lowest BCUT2D eigenvalue weighted by molar-refractivity contribution is -0.142. The number of amides is 2. The first-order valence-corrected chi connectivity index (χ1v) is 10.3. The van der Waals surface area contributed by atoms with Crippen molar-refractivity contribution in [2.45, 2.75) is 39.8 Å². The highest BCUT2D eigenvalue weighted by Gasteiger charge is 2.28. The highest BCUT2D eigenvalue weighted by molar-refractivity contribution is 9.10. The van der Waals surface area contributed by atoms with Gasteiger partial charge in [-0.25, -0.2) is 0 Å². The zero-order chi connectivity index (χ0) is 20.5. The molecular formula is C22H27BrN2O3. The summed E-state index contributed by atoms with van der Waals surface area (Å²) in [7, 11) is 0. The van der Waals surface area contributed by atoms with Crippen LogP contribution in [-0.4, -0.2) is 35.9 Å². The molecule has 0 fully saturated rings. The van der Waals surface area contributed by atoms with Crippen LogP contribution in [0.1, 0.15) is 31.4 Å². The minimum absolute atomic E-state index is 0.121. The van der Waals surface area contributed by atoms with E-state index in [9.17, 15) is 9.59 Å². The Labute approximate surface area is 175 Å². The minimum atomic E-state index is -0.539. The van der Waals surface area contributed by atoms with Gasteiger partial charge < -0.3 is 15.0 Å². The first kappa shape index (κ1) is 22.0. The molecule has 6 heteroatoms. The van der Waals surface area contributed by atoms with Gasteiger partial charge in [0, 0.05) is 17.6 Å². The highest BCUT2D eigenvalue weighted by atomic mass is 79.9. The van der Waals surface area contributed by atoms with Crippen LogP contribution < -0.4 is 10.1 Å². The Balaban J connectivity index is 2.17. The number of rotatable bonds is 9. The number of nitrogens with one attached hydrogen (secondary N) is 1. The van der Waals surface area contributed by atoms with E-state index >= 15 is 0 Å². The molecule has 2 amide bonds. The standard InChI is InChI=1S/C22H27BrN2O3/c1-4-20(22(27)24-5-2)25(14-17-9-7-6-8-10-17)21(26)15-28-18-11-12-19(23)16(3)13-18/h6-13,20H,4-5,14-15H2,1-3H3,(H,24,27). The molecule has 0 saturated carbocycles. The van der Waals surface area contributed by atoms with Crippen molar-refractivity contribution in [1.29, 1.82) is 0 Å². The van der Waals surface area contributed by atoms with Crippen molar-refractivity contribution < 1.29 is 14.3 Å². The van der Waals surface area contributed by atoms with Gasteiger partial charge in [0.05, 0.1) is 0 Å². The van der Waals surface area contributed by atoms with Crippen LogP contribution in [0, 0.1) is 6.92 Å². The van der Waals surface area contributed by atoms with Crippen molar-refractivity contribution in [2.24, 2.45) is 0 Å². The van der Waals surface area contributed by atoms with E-state index in [1.54, 1.807) is 4.90 Å². The number of likely N-dealkylation sites (N-methyl/N-ethyl adjacent to an activating group) is 1. The van der Waals surface area contributed by atoms with Crippen LogP contribution in [0.3, 0.4) is 0 Å². The van der Waals surface area contributed by atoms with Gasteiger partial charge in [-0.1, -0.05) is 53.2 Å². The Kier molecular flexibility index (Phi) is 8.51. The van der Waals surface area contributed by atoms with Gasteiger partial charge in [-0.3, -0.25) is 9.59 Å². The number of aryl methyl sites for hydroxylation is 1. The third-order valence-corrected chi connectivity index (χ3v) is 5.31. The fourth-order valence-electron chi connectivity index (χ4n) is 2.93. The van der Waals surface area contributed by atoms with E-state index in [1.165, 1.54) is 0 Å². The molecule has 1 unspecified atom stereocenters. The maximum Gasteiger partial charge on any atom is 0.261 e. The molecule has 1 N–H and O–H groups in total. The molecule has 5 nitrogen and oxygen atoms in total. The molecule has 0 heterocycles. The van der Waals surface area contributed by atoms with E-state index in [-0.39, 0.29) is 18.4 Å². The summed E-state index contributed by atoms with van der Waals surface area (Å²) >= 11 is 3.45. The summed E-state index contributed by atoms with van der Waals surface area (Å²) in [4.78, 5) is 27.1. The number of hydrogen-bond acceptors (Lipinski definition) is 3. The number of halogens is 1. The van der Waals surface area contributed by atoms with Crippen LogP contribution in [-0.2, 0) is 16.1 Å². The number of nitrogens with zero attached hydrogens (tertiary/aromatic N) is 1. The van der Waals surface area contributed by atoms with Gasteiger partial charge in [0.1, 0.15) is 11.8 Å². The van der Waals surface area contributed by atoms with E-state index in [4.69, 9.17) is 4.74 Å². The summed E-state index contributed by atoms with van der Waals surface area (Å²) < 4.78 is 6.70. The topological polar surface area (TPSA) is 58.6 Å². The normalized spacial score (nSPS) is 11.6. The molecular weight excluding hydrogens is 420 g/mol. The van der Waals surface area contributed by atoms with Crippen molar-refractivity contribution in [1.82, 2.24) is 10.2 Å². The van der Waals surface area contributed by atoms with Crippen molar-refractivity contribution in [3.63, 3.8) is 0 Å². The number of ether oxygens (including phenoxy) is 1. The molecule has 2 aromatic carbocycles. The van der Waals surface area contributed by atoms with Crippen molar-refractivity contribution in [2.75, 3.05) is 13.2 Å². The summed E-state index contributed by atoms with van der Waals surface area (Å²) in [5, 5.41) is 2.83. The Morgan fingerprint density at radius 3 is 2.46 bits per heavy atom. The molecule has 0 spiro atoms. The third-order valence-electron chi connectivity index (χ3n) is 4.42. The van der Waals surface area contributed by atoms with E-state index in [2.05, 4.69) is 21.2 Å². The molecule has 0 bridgehead atoms. The predicted octanol–water partition coefficient (Wildman–Crippen LogP) is 4.08. The number of hydrogen-bond donors (Lipinski definition) is 1. The molecule has 0 aliphatic carbocycles. The second-order valence-electron chi connectivity index (χ2n) is 6.53. The summed E-state index contributed by atoms with van der Waals surface area (Å²) in [6, 6.07) is 14.7. The lowest BCUT2D eigenvalue weighted by Crippen LogP contribution is -2.50. The second kappa shape index (κ2) is 10.9. The van der Waals surface area contributed by atoms with E-state index in [1.807, 2.05) is 69.3 Å². The van der Waals surface area contributed by atoms with E-state index < -0.39 is 6.04 Å². The van der Waals surface area contributed by atoms with Crippen molar-refractivity contribution >= 4 is 27.7 Å². The van der Waals surface area contributed by atoms with Crippen LogP contribution in [0.15, 0.2) is 53.0 Å². The van der Waals surface area contributed by atoms with Gasteiger partial charge in [-0.05, 0) is 49.6 Å². The first-order valence-electron chi connectivity index (χ1n) is 9.46.